The van der Waals surface area contributed by atoms with E-state index in [0.29, 0.717) is 10.9 Å². The van der Waals surface area contributed by atoms with Crippen LogP contribution in [0.25, 0.3) is 11.0 Å². The first kappa shape index (κ1) is 15.7. The summed E-state index contributed by atoms with van der Waals surface area (Å²) in [6.45, 7) is 3.97. The van der Waals surface area contributed by atoms with Gasteiger partial charge < -0.3 is 0 Å². The summed E-state index contributed by atoms with van der Waals surface area (Å²) in [5.41, 5.74) is 3.66. The second-order valence-corrected chi connectivity index (χ2v) is 7.45. The summed E-state index contributed by atoms with van der Waals surface area (Å²) in [5, 5.41) is 13.8. The maximum absolute atomic E-state index is 12.2. The van der Waals surface area contributed by atoms with E-state index in [-0.39, 0.29) is 26.6 Å². The first-order valence-electron chi connectivity index (χ1n) is 7.24. The van der Waals surface area contributed by atoms with Crippen LogP contribution in [0, 0.1) is 13.8 Å². The minimum absolute atomic E-state index is 0.00861. The van der Waals surface area contributed by atoms with Crippen molar-refractivity contribution in [3.05, 3.63) is 53.6 Å². The molecule has 4 nitrogen and oxygen atoms in total. The summed E-state index contributed by atoms with van der Waals surface area (Å²) in [5.74, 6) is 0.171. The standard InChI is InChI=1S/C18H17NO3Se/c1-11-4-3-5-12(2)18(11)19-16(21)10-23-17-8-13-6-7-14(20)9-15(13)22-17/h3-9,20H,10H2,1-2H3,(H,19,21). The van der Waals surface area contributed by atoms with Gasteiger partial charge in [0.15, 0.2) is 0 Å². The Morgan fingerprint density at radius 3 is 2.65 bits per heavy atom. The van der Waals surface area contributed by atoms with Gasteiger partial charge in [-0.2, -0.15) is 0 Å². The van der Waals surface area contributed by atoms with Crippen LogP contribution < -0.4 is 9.98 Å². The predicted octanol–water partition coefficient (Wildman–Crippen LogP) is 3.14. The molecule has 1 aromatic heterocycles. The van der Waals surface area contributed by atoms with Gasteiger partial charge in [-0.3, -0.25) is 0 Å². The van der Waals surface area contributed by atoms with E-state index < -0.39 is 0 Å². The molecule has 0 saturated carbocycles. The summed E-state index contributed by atoms with van der Waals surface area (Å²) in [4.78, 5) is 12.2. The Morgan fingerprint density at radius 2 is 1.91 bits per heavy atom. The third kappa shape index (κ3) is 3.58. The Labute approximate surface area is 140 Å². The Bertz CT molecular complexity index is 850. The predicted molar refractivity (Wildman–Crippen MR) is 92.6 cm³/mol. The number of furan rings is 1. The van der Waals surface area contributed by atoms with Crippen LogP contribution >= 0.6 is 0 Å². The van der Waals surface area contributed by atoms with E-state index in [0.717, 1.165) is 26.9 Å². The topological polar surface area (TPSA) is 62.5 Å². The molecule has 1 amide bonds. The van der Waals surface area contributed by atoms with E-state index in [2.05, 4.69) is 5.32 Å². The van der Waals surface area contributed by atoms with Crippen molar-refractivity contribution in [1.29, 1.82) is 0 Å². The van der Waals surface area contributed by atoms with Crippen LogP contribution in [0.4, 0.5) is 5.69 Å². The number of fused-ring (bicyclic) bond motifs is 1. The molecule has 3 rings (SSSR count). The van der Waals surface area contributed by atoms with Crippen molar-refractivity contribution >= 4 is 42.2 Å². The van der Waals surface area contributed by atoms with E-state index in [1.54, 1.807) is 12.1 Å². The van der Waals surface area contributed by atoms with Crippen molar-refractivity contribution in [2.45, 2.75) is 19.2 Å². The van der Waals surface area contributed by atoms with Crippen LogP contribution in [0.15, 0.2) is 46.9 Å². The quantitative estimate of drug-likeness (QED) is 0.690. The Hall–Kier alpha value is -2.23. The van der Waals surface area contributed by atoms with Gasteiger partial charge in [-0.1, -0.05) is 0 Å². The number of nitrogens with one attached hydrogen (secondary N) is 1. The van der Waals surface area contributed by atoms with Crippen LogP contribution in [0.1, 0.15) is 11.1 Å². The van der Waals surface area contributed by atoms with Crippen LogP contribution in [-0.2, 0) is 4.79 Å². The molecule has 0 saturated heterocycles. The molecule has 0 aliphatic rings. The average molecular weight is 374 g/mol. The van der Waals surface area contributed by atoms with Crippen LogP contribution in [-0.4, -0.2) is 26.0 Å². The van der Waals surface area contributed by atoms with Crippen molar-refractivity contribution in [1.82, 2.24) is 0 Å². The number of hydrogen-bond acceptors (Lipinski definition) is 3. The van der Waals surface area contributed by atoms with Gasteiger partial charge in [-0.05, 0) is 0 Å². The molecule has 118 valence electrons. The van der Waals surface area contributed by atoms with Gasteiger partial charge in [0, 0.05) is 0 Å². The summed E-state index contributed by atoms with van der Waals surface area (Å²) in [6, 6.07) is 12.9. The molecule has 0 spiro atoms. The molecule has 3 aromatic rings. The fraction of sp³-hybridized carbons (Fsp3) is 0.167. The number of benzene rings is 2. The van der Waals surface area contributed by atoms with E-state index >= 15 is 0 Å². The van der Waals surface area contributed by atoms with Gasteiger partial charge in [-0.15, -0.1) is 0 Å². The number of phenols is 1. The molecule has 0 fully saturated rings. The van der Waals surface area contributed by atoms with E-state index in [9.17, 15) is 9.90 Å². The first-order valence-corrected chi connectivity index (χ1v) is 9.31. The number of aryl methyl sites for hydroxylation is 2. The zero-order chi connectivity index (χ0) is 16.4. The number of phenolic OH excluding ortho intramolecular Hbond substituents is 1. The molecule has 0 aliphatic heterocycles. The van der Waals surface area contributed by atoms with Crippen LogP contribution in [0.5, 0.6) is 5.75 Å². The third-order valence-electron chi connectivity index (χ3n) is 3.57. The number of aromatic hydroxyl groups is 1. The number of carbonyl (C=O) groups is 1. The van der Waals surface area contributed by atoms with Gasteiger partial charge in [0.2, 0.25) is 0 Å². The Balaban J connectivity index is 1.66. The summed E-state index contributed by atoms with van der Waals surface area (Å²) < 4.78 is 6.49. The van der Waals surface area contributed by atoms with E-state index in [1.165, 1.54) is 0 Å². The molecule has 5 heteroatoms. The van der Waals surface area contributed by atoms with Crippen molar-refractivity contribution in [3.8, 4) is 5.75 Å². The molecular weight excluding hydrogens is 357 g/mol. The second kappa shape index (κ2) is 6.49. The van der Waals surface area contributed by atoms with Crippen LogP contribution in [0.3, 0.4) is 0 Å². The Morgan fingerprint density at radius 1 is 1.17 bits per heavy atom. The fourth-order valence-corrected chi connectivity index (χ4v) is 3.87. The minimum atomic E-state index is -0.0880. The van der Waals surface area contributed by atoms with E-state index in [1.807, 2.05) is 44.2 Å². The zero-order valence-corrected chi connectivity index (χ0v) is 14.6. The molecule has 1 heterocycles. The number of hydrogen-bond donors (Lipinski definition) is 2. The number of para-hydroxylation sites is 1. The molecular formula is C18H17NO3Se. The summed E-state index contributed by atoms with van der Waals surface area (Å²) in [7, 11) is 0. The molecule has 2 N–H and O–H groups in total. The molecule has 0 unspecified atom stereocenters. The number of anilines is 1. The summed E-state index contributed by atoms with van der Waals surface area (Å²) >= 11 is -0.0880. The van der Waals surface area contributed by atoms with Gasteiger partial charge >= 0.3 is 140 Å². The SMILES string of the molecule is Cc1cccc(C)c1NC(=O)C[Se]c1cc2ccc(O)cc2o1. The maximum atomic E-state index is 12.2. The van der Waals surface area contributed by atoms with Crippen molar-refractivity contribution < 1.29 is 14.3 Å². The fourth-order valence-electron chi connectivity index (χ4n) is 2.39. The Kier molecular flexibility index (Phi) is 4.42. The molecule has 0 bridgehead atoms. The van der Waals surface area contributed by atoms with Crippen molar-refractivity contribution in [3.63, 3.8) is 0 Å². The third-order valence-corrected chi connectivity index (χ3v) is 5.44. The normalized spacial score (nSPS) is 10.9. The van der Waals surface area contributed by atoms with Crippen molar-refractivity contribution in [2.24, 2.45) is 0 Å². The van der Waals surface area contributed by atoms with Gasteiger partial charge in [0.1, 0.15) is 0 Å². The van der Waals surface area contributed by atoms with Gasteiger partial charge in [0.25, 0.3) is 0 Å². The number of carbonyl (C=O) groups excluding carboxylic acids is 1. The zero-order valence-electron chi connectivity index (χ0n) is 12.9. The molecule has 0 atom stereocenters. The molecule has 23 heavy (non-hydrogen) atoms. The first-order chi connectivity index (χ1) is 11.0. The number of amides is 1. The van der Waals surface area contributed by atoms with Crippen LogP contribution in [0.2, 0.25) is 5.32 Å². The molecule has 0 radical (unpaired) electrons. The van der Waals surface area contributed by atoms with E-state index in [4.69, 9.17) is 4.42 Å². The van der Waals surface area contributed by atoms with Gasteiger partial charge in [0.05, 0.1) is 0 Å². The molecule has 0 aliphatic carbocycles. The number of rotatable bonds is 4. The van der Waals surface area contributed by atoms with Gasteiger partial charge in [-0.25, -0.2) is 0 Å². The van der Waals surface area contributed by atoms with Crippen molar-refractivity contribution in [2.75, 3.05) is 5.32 Å². The monoisotopic (exact) mass is 375 g/mol. The molecule has 2 aromatic carbocycles. The summed E-state index contributed by atoms with van der Waals surface area (Å²) in [6.07, 6.45) is 0. The average Bonchev–Trinajstić information content (AvgIpc) is 2.91. The second-order valence-electron chi connectivity index (χ2n) is 5.39.